The van der Waals surface area contributed by atoms with Crippen LogP contribution in [0.4, 0.5) is 0 Å². The molecule has 0 radical (unpaired) electrons. The van der Waals surface area contributed by atoms with Crippen LogP contribution in [0.15, 0.2) is 0 Å². The molecule has 0 saturated carbocycles. The summed E-state index contributed by atoms with van der Waals surface area (Å²) in [5.74, 6) is 2.50. The van der Waals surface area contributed by atoms with E-state index in [0.29, 0.717) is 0 Å². The van der Waals surface area contributed by atoms with Crippen molar-refractivity contribution in [2.24, 2.45) is 17.8 Å². The van der Waals surface area contributed by atoms with Gasteiger partial charge in [0, 0.05) is 18.1 Å². The summed E-state index contributed by atoms with van der Waals surface area (Å²) in [7, 11) is 0. The zero-order valence-corrected chi connectivity index (χ0v) is 30.4. The van der Waals surface area contributed by atoms with Crippen molar-refractivity contribution in [3.05, 3.63) is 0 Å². The van der Waals surface area contributed by atoms with Gasteiger partial charge in [-0.3, -0.25) is 0 Å². The van der Waals surface area contributed by atoms with Crippen LogP contribution in [0.2, 0.25) is 0 Å². The zero-order valence-electron chi connectivity index (χ0n) is 30.4. The molecule has 0 spiro atoms. The molecule has 3 saturated heterocycles. The van der Waals surface area contributed by atoms with E-state index >= 15 is 0 Å². The van der Waals surface area contributed by atoms with E-state index in [4.69, 9.17) is 0 Å². The molecule has 0 aliphatic carbocycles. The van der Waals surface area contributed by atoms with Crippen LogP contribution >= 0.6 is 0 Å². The highest BCUT2D eigenvalue weighted by Gasteiger charge is 2.13. The fourth-order valence-corrected chi connectivity index (χ4v) is 4.30. The molecule has 0 aromatic rings. The Bertz CT molecular complexity index is 414. The highest BCUT2D eigenvalue weighted by molar-refractivity contribution is 4.69. The van der Waals surface area contributed by atoms with E-state index in [-0.39, 0.29) is 0 Å². The van der Waals surface area contributed by atoms with Crippen LogP contribution in [0.5, 0.6) is 0 Å². The molecule has 3 heteroatoms. The normalized spacial score (nSPS) is 18.7. The highest BCUT2D eigenvalue weighted by atomic mass is 15.2. The zero-order chi connectivity index (χ0) is 30.8. The summed E-state index contributed by atoms with van der Waals surface area (Å²) < 4.78 is 0. The average Bonchev–Trinajstić information content (AvgIpc) is 3.22. The first kappa shape index (κ1) is 43.3. The molecule has 3 fully saturated rings. The van der Waals surface area contributed by atoms with Gasteiger partial charge in [0.1, 0.15) is 0 Å². The molecule has 0 atom stereocenters. The predicted octanol–water partition coefficient (Wildman–Crippen LogP) is 10.6. The molecule has 3 aliphatic rings. The second-order valence-corrected chi connectivity index (χ2v) is 14.8. The second-order valence-electron chi connectivity index (χ2n) is 14.8. The minimum Gasteiger partial charge on any atom is -0.301 e. The first-order chi connectivity index (χ1) is 18.1. The predicted molar refractivity (Wildman–Crippen MR) is 183 cm³/mol. The van der Waals surface area contributed by atoms with Gasteiger partial charge >= 0.3 is 0 Å². The summed E-state index contributed by atoms with van der Waals surface area (Å²) in [5.41, 5.74) is 0. The topological polar surface area (TPSA) is 9.72 Å². The van der Waals surface area contributed by atoms with Crippen molar-refractivity contribution in [2.45, 2.75) is 180 Å². The van der Waals surface area contributed by atoms with Gasteiger partial charge in [0.05, 0.1) is 0 Å². The van der Waals surface area contributed by atoms with E-state index in [2.05, 4.69) is 119 Å². The van der Waals surface area contributed by atoms with Crippen LogP contribution < -0.4 is 0 Å². The van der Waals surface area contributed by atoms with Gasteiger partial charge in [0.25, 0.3) is 0 Å². The van der Waals surface area contributed by atoms with Gasteiger partial charge in [-0.2, -0.15) is 0 Å². The lowest BCUT2D eigenvalue weighted by Crippen LogP contribution is -2.35. The van der Waals surface area contributed by atoms with Gasteiger partial charge in [-0.25, -0.2) is 0 Å². The molecule has 0 bridgehead atoms. The molecule has 0 unspecified atom stereocenters. The Hall–Kier alpha value is -0.120. The molecule has 3 nitrogen and oxygen atoms in total. The lowest BCUT2D eigenvalue weighted by atomic mass is 10.1. The maximum atomic E-state index is 2.59. The molecule has 240 valence electrons. The number of hydrogen-bond acceptors (Lipinski definition) is 3. The molecule has 39 heavy (non-hydrogen) atoms. The van der Waals surface area contributed by atoms with E-state index in [0.717, 1.165) is 35.9 Å². The molecule has 0 amide bonds. The number of likely N-dealkylation sites (tertiary alicyclic amines) is 3. The van der Waals surface area contributed by atoms with Crippen LogP contribution in [0.25, 0.3) is 0 Å². The molecule has 3 heterocycles. The number of nitrogens with zero attached hydrogens (tertiary/aromatic N) is 3. The standard InChI is InChI=1S/C9H19N.C8H17N.C7H15N.3C4H10/c1-9(2)10-7-5-3-4-6-8-10;1-8(2)9-6-4-3-5-7-9;1-7(2)8-5-3-4-6-8;3*1-4(2)3/h9H,3-8H2,1-2H3;8H,3-7H2,1-2H3;7H,3-6H2,1-2H3;3*4H,1-3H3. The van der Waals surface area contributed by atoms with Crippen molar-refractivity contribution in [1.29, 1.82) is 0 Å². The lowest BCUT2D eigenvalue weighted by Gasteiger charge is -2.29. The third-order valence-electron chi connectivity index (χ3n) is 6.36. The van der Waals surface area contributed by atoms with Crippen molar-refractivity contribution in [1.82, 2.24) is 14.7 Å². The van der Waals surface area contributed by atoms with Gasteiger partial charge in [0.15, 0.2) is 0 Å². The van der Waals surface area contributed by atoms with Crippen LogP contribution in [0.1, 0.15) is 162 Å². The molecular formula is C36H81N3. The number of piperidine rings is 1. The third kappa shape index (κ3) is 37.9. The minimum absolute atomic E-state index is 0.762. The fraction of sp³-hybridized carbons (Fsp3) is 1.00. The Morgan fingerprint density at radius 3 is 0.538 bits per heavy atom. The highest BCUT2D eigenvalue weighted by Crippen LogP contribution is 2.12. The Labute approximate surface area is 251 Å². The summed E-state index contributed by atoms with van der Waals surface area (Å²) in [6.45, 7) is 41.2. The van der Waals surface area contributed by atoms with Crippen molar-refractivity contribution >= 4 is 0 Å². The van der Waals surface area contributed by atoms with E-state index in [1.807, 2.05) is 0 Å². The molecule has 0 aromatic carbocycles. The van der Waals surface area contributed by atoms with Crippen LogP contribution in [-0.4, -0.2) is 72.1 Å². The Balaban J connectivity index is -0.000000418. The average molecular weight is 556 g/mol. The maximum absolute atomic E-state index is 2.59. The number of rotatable bonds is 3. The van der Waals surface area contributed by atoms with Gasteiger partial charge in [-0.15, -0.1) is 0 Å². The Morgan fingerprint density at radius 1 is 0.256 bits per heavy atom. The first-order valence-electron chi connectivity index (χ1n) is 17.3. The number of hydrogen-bond donors (Lipinski definition) is 0. The molecule has 3 rings (SSSR count). The van der Waals surface area contributed by atoms with Crippen molar-refractivity contribution in [3.8, 4) is 0 Å². The quantitative estimate of drug-likeness (QED) is 0.343. The molecule has 3 aliphatic heterocycles. The molecule has 0 N–H and O–H groups in total. The lowest BCUT2D eigenvalue weighted by molar-refractivity contribution is 0.185. The van der Waals surface area contributed by atoms with E-state index in [1.54, 1.807) is 0 Å². The van der Waals surface area contributed by atoms with Crippen LogP contribution in [0, 0.1) is 17.8 Å². The van der Waals surface area contributed by atoms with E-state index in [1.165, 1.54) is 97.1 Å². The summed E-state index contributed by atoms with van der Waals surface area (Å²) in [6, 6.07) is 2.31. The summed E-state index contributed by atoms with van der Waals surface area (Å²) in [4.78, 5) is 7.68. The van der Waals surface area contributed by atoms with Crippen molar-refractivity contribution in [2.75, 3.05) is 39.3 Å². The Kier molecular flexibility index (Phi) is 32.6. The van der Waals surface area contributed by atoms with Gasteiger partial charge in [-0.05, 0) is 137 Å². The first-order valence-corrected chi connectivity index (χ1v) is 17.3. The van der Waals surface area contributed by atoms with Crippen LogP contribution in [-0.2, 0) is 0 Å². The fourth-order valence-electron chi connectivity index (χ4n) is 4.30. The van der Waals surface area contributed by atoms with Crippen molar-refractivity contribution < 1.29 is 0 Å². The van der Waals surface area contributed by atoms with E-state index < -0.39 is 0 Å². The summed E-state index contributed by atoms with van der Waals surface area (Å²) in [6.07, 6.45) is 12.8. The smallest absolute Gasteiger partial charge is 0.00385 e. The third-order valence-corrected chi connectivity index (χ3v) is 6.36. The SMILES string of the molecule is CC(C)C.CC(C)C.CC(C)C.CC(C)N1CCCC1.CC(C)N1CCCCC1.CC(C)N1CCCCCC1. The molecule has 0 aromatic heterocycles. The van der Waals surface area contributed by atoms with E-state index in [9.17, 15) is 0 Å². The molecular weight excluding hydrogens is 474 g/mol. The summed E-state index contributed by atoms with van der Waals surface area (Å²) >= 11 is 0. The van der Waals surface area contributed by atoms with Crippen molar-refractivity contribution in [3.63, 3.8) is 0 Å². The van der Waals surface area contributed by atoms with Gasteiger partial charge < -0.3 is 14.7 Å². The monoisotopic (exact) mass is 556 g/mol. The second kappa shape index (κ2) is 29.4. The minimum atomic E-state index is 0.762. The van der Waals surface area contributed by atoms with Gasteiger partial charge in [-0.1, -0.05) is 81.6 Å². The van der Waals surface area contributed by atoms with Gasteiger partial charge in [0.2, 0.25) is 0 Å². The maximum Gasteiger partial charge on any atom is 0.00385 e. The summed E-state index contributed by atoms with van der Waals surface area (Å²) in [5, 5.41) is 0. The van der Waals surface area contributed by atoms with Crippen LogP contribution in [0.3, 0.4) is 0 Å². The largest absolute Gasteiger partial charge is 0.301 e. The Morgan fingerprint density at radius 2 is 0.385 bits per heavy atom.